The van der Waals surface area contributed by atoms with Crippen LogP contribution in [0.1, 0.15) is 12.8 Å². The van der Waals surface area contributed by atoms with Crippen molar-refractivity contribution in [2.45, 2.75) is 22.6 Å². The summed E-state index contributed by atoms with van der Waals surface area (Å²) >= 11 is 0. The molecule has 1 heterocycles. The van der Waals surface area contributed by atoms with Crippen molar-refractivity contribution in [1.82, 2.24) is 4.31 Å². The van der Waals surface area contributed by atoms with Crippen LogP contribution in [0.3, 0.4) is 0 Å². The highest BCUT2D eigenvalue weighted by molar-refractivity contribution is 7.92. The van der Waals surface area contributed by atoms with Crippen LogP contribution in [0, 0.1) is 5.92 Å². The molecule has 214 valence electrons. The van der Waals surface area contributed by atoms with E-state index in [0.717, 1.165) is 0 Å². The summed E-state index contributed by atoms with van der Waals surface area (Å²) in [5.41, 5.74) is 0.633. The lowest BCUT2D eigenvalue weighted by molar-refractivity contribution is -0.120. The smallest absolute Gasteiger partial charge is 0.262 e. The van der Waals surface area contributed by atoms with E-state index < -0.39 is 26.0 Å². The second-order valence-corrected chi connectivity index (χ2v) is 12.7. The quantitative estimate of drug-likeness (QED) is 0.366. The summed E-state index contributed by atoms with van der Waals surface area (Å²) in [7, 11) is -3.31. The van der Waals surface area contributed by atoms with E-state index in [9.17, 15) is 21.6 Å². The Hall–Kier alpha value is -3.81. The number of rotatable bonds is 10. The highest BCUT2D eigenvalue weighted by Crippen LogP contribution is 2.31. The van der Waals surface area contributed by atoms with Crippen molar-refractivity contribution in [3.8, 4) is 17.2 Å². The number of anilines is 2. The van der Waals surface area contributed by atoms with E-state index in [1.807, 2.05) is 0 Å². The van der Waals surface area contributed by atoms with E-state index in [4.69, 9.17) is 14.2 Å². The predicted octanol–water partition coefficient (Wildman–Crippen LogP) is 3.55. The van der Waals surface area contributed by atoms with E-state index in [0.29, 0.717) is 42.3 Å². The molecule has 11 nitrogen and oxygen atoms in total. The molecule has 1 saturated heterocycles. The average molecular weight is 590 g/mol. The molecular formula is C27H31N3O8S2. The van der Waals surface area contributed by atoms with Gasteiger partial charge in [0.25, 0.3) is 10.0 Å². The molecule has 0 radical (unpaired) electrons. The van der Waals surface area contributed by atoms with Crippen LogP contribution in [-0.2, 0) is 24.8 Å². The summed E-state index contributed by atoms with van der Waals surface area (Å²) < 4.78 is 71.4. The van der Waals surface area contributed by atoms with Crippen molar-refractivity contribution >= 4 is 37.3 Å². The topological polar surface area (TPSA) is 140 Å². The first-order valence-corrected chi connectivity index (χ1v) is 15.3. The largest absolute Gasteiger partial charge is 0.497 e. The lowest BCUT2D eigenvalue weighted by atomic mass is 9.99. The van der Waals surface area contributed by atoms with Crippen LogP contribution < -0.4 is 24.2 Å². The van der Waals surface area contributed by atoms with Gasteiger partial charge in [-0.3, -0.25) is 9.52 Å². The zero-order valence-electron chi connectivity index (χ0n) is 22.3. The summed E-state index contributed by atoms with van der Waals surface area (Å²) in [6.45, 7) is 0.358. The second-order valence-electron chi connectivity index (χ2n) is 9.06. The molecule has 1 amide bonds. The van der Waals surface area contributed by atoms with Gasteiger partial charge in [-0.05, 0) is 73.5 Å². The summed E-state index contributed by atoms with van der Waals surface area (Å²) in [4.78, 5) is 13.1. The van der Waals surface area contributed by atoms with Crippen molar-refractivity contribution in [2.24, 2.45) is 5.92 Å². The number of ether oxygens (including phenoxy) is 3. The number of piperidine rings is 1. The standard InChI is InChI=1S/C27H31N3O8S2/c1-36-21-8-13-24(14-9-21)40(34,35)30-16-4-5-19(18-30)27(31)28-20-6-11-23(12-7-20)39(32,33)29-25-15-10-22(37-2)17-26(25)38-3/h6-15,17,19,29H,4-5,16,18H2,1-3H3,(H,28,31)/t19-/m0/s1. The van der Waals surface area contributed by atoms with Gasteiger partial charge in [0.2, 0.25) is 15.9 Å². The van der Waals surface area contributed by atoms with Gasteiger partial charge in [-0.15, -0.1) is 0 Å². The second kappa shape index (κ2) is 12.1. The molecule has 0 bridgehead atoms. The van der Waals surface area contributed by atoms with E-state index in [1.165, 1.54) is 68.1 Å². The molecule has 1 aliphatic rings. The third-order valence-electron chi connectivity index (χ3n) is 6.54. The average Bonchev–Trinajstić information content (AvgIpc) is 2.97. The van der Waals surface area contributed by atoms with Gasteiger partial charge in [-0.1, -0.05) is 0 Å². The number of carbonyl (C=O) groups excluding carboxylic acids is 1. The minimum absolute atomic E-state index is 0.0159. The highest BCUT2D eigenvalue weighted by Gasteiger charge is 2.33. The Bertz CT molecular complexity index is 1560. The van der Waals surface area contributed by atoms with Crippen molar-refractivity contribution in [1.29, 1.82) is 0 Å². The number of hydrogen-bond donors (Lipinski definition) is 2. The van der Waals surface area contributed by atoms with Crippen LogP contribution in [0.25, 0.3) is 0 Å². The molecule has 0 aliphatic carbocycles. The van der Waals surface area contributed by atoms with Crippen LogP contribution in [0.2, 0.25) is 0 Å². The highest BCUT2D eigenvalue weighted by atomic mass is 32.2. The molecule has 3 aromatic carbocycles. The number of amides is 1. The lowest BCUT2D eigenvalue weighted by Gasteiger charge is -2.31. The number of benzene rings is 3. The summed E-state index contributed by atoms with van der Waals surface area (Å²) in [5.74, 6) is 0.451. The number of carbonyl (C=O) groups is 1. The number of hydrogen-bond acceptors (Lipinski definition) is 8. The Balaban J connectivity index is 1.41. The summed E-state index contributed by atoms with van der Waals surface area (Å²) in [6, 6.07) is 16.5. The lowest BCUT2D eigenvalue weighted by Crippen LogP contribution is -2.43. The normalized spacial score (nSPS) is 16.1. The Morgan fingerprint density at radius 2 is 1.45 bits per heavy atom. The fourth-order valence-electron chi connectivity index (χ4n) is 4.32. The monoisotopic (exact) mass is 589 g/mol. The third kappa shape index (κ3) is 6.49. The molecule has 3 aromatic rings. The number of nitrogens with one attached hydrogen (secondary N) is 2. The molecule has 2 N–H and O–H groups in total. The summed E-state index contributed by atoms with van der Waals surface area (Å²) in [6.07, 6.45) is 1.06. The SMILES string of the molecule is COc1ccc(S(=O)(=O)N2CCC[C@H](C(=O)Nc3ccc(S(=O)(=O)Nc4ccc(OC)cc4OC)cc3)C2)cc1. The van der Waals surface area contributed by atoms with Gasteiger partial charge >= 0.3 is 0 Å². The zero-order chi connectivity index (χ0) is 28.9. The fraction of sp³-hybridized carbons (Fsp3) is 0.296. The molecule has 0 aromatic heterocycles. The Morgan fingerprint density at radius 1 is 0.825 bits per heavy atom. The zero-order valence-corrected chi connectivity index (χ0v) is 23.9. The maximum atomic E-state index is 13.1. The van der Waals surface area contributed by atoms with Crippen LogP contribution in [0.15, 0.2) is 76.5 Å². The van der Waals surface area contributed by atoms with Crippen LogP contribution >= 0.6 is 0 Å². The van der Waals surface area contributed by atoms with Crippen molar-refractivity contribution < 1.29 is 35.8 Å². The number of nitrogens with zero attached hydrogens (tertiary/aromatic N) is 1. The van der Waals surface area contributed by atoms with Gasteiger partial charge in [0.05, 0.1) is 42.7 Å². The van der Waals surface area contributed by atoms with Crippen molar-refractivity contribution in [2.75, 3.05) is 44.5 Å². The molecule has 0 unspecified atom stereocenters. The molecule has 0 spiro atoms. The van der Waals surface area contributed by atoms with Gasteiger partial charge in [-0.2, -0.15) is 4.31 Å². The molecule has 40 heavy (non-hydrogen) atoms. The van der Waals surface area contributed by atoms with E-state index in [-0.39, 0.29) is 27.9 Å². The predicted molar refractivity (Wildman–Crippen MR) is 150 cm³/mol. The minimum atomic E-state index is -3.95. The van der Waals surface area contributed by atoms with Gasteiger partial charge in [0.1, 0.15) is 17.2 Å². The Kier molecular flexibility index (Phi) is 8.86. The van der Waals surface area contributed by atoms with E-state index in [2.05, 4.69) is 10.0 Å². The van der Waals surface area contributed by atoms with Crippen molar-refractivity contribution in [3.63, 3.8) is 0 Å². The fourth-order valence-corrected chi connectivity index (χ4v) is 6.91. The van der Waals surface area contributed by atoms with Gasteiger partial charge < -0.3 is 19.5 Å². The molecular weight excluding hydrogens is 558 g/mol. The molecule has 0 saturated carbocycles. The first-order chi connectivity index (χ1) is 19.1. The Labute approximate surface area is 234 Å². The van der Waals surface area contributed by atoms with Crippen LogP contribution in [-0.4, -0.2) is 61.5 Å². The van der Waals surface area contributed by atoms with E-state index in [1.54, 1.807) is 24.3 Å². The number of methoxy groups -OCH3 is 3. The summed E-state index contributed by atoms with van der Waals surface area (Å²) in [5, 5.41) is 2.77. The third-order valence-corrected chi connectivity index (χ3v) is 9.80. The van der Waals surface area contributed by atoms with Crippen LogP contribution in [0.4, 0.5) is 11.4 Å². The Morgan fingerprint density at radius 3 is 2.08 bits per heavy atom. The molecule has 13 heteroatoms. The van der Waals surface area contributed by atoms with Gasteiger partial charge in [0, 0.05) is 24.8 Å². The molecule has 1 aliphatic heterocycles. The van der Waals surface area contributed by atoms with E-state index >= 15 is 0 Å². The van der Waals surface area contributed by atoms with Crippen LogP contribution in [0.5, 0.6) is 17.2 Å². The molecule has 1 atom stereocenters. The first-order valence-electron chi connectivity index (χ1n) is 12.4. The maximum Gasteiger partial charge on any atom is 0.262 e. The van der Waals surface area contributed by atoms with Gasteiger partial charge in [0.15, 0.2) is 0 Å². The molecule has 4 rings (SSSR count). The van der Waals surface area contributed by atoms with Gasteiger partial charge in [-0.25, -0.2) is 16.8 Å². The maximum absolute atomic E-state index is 13.1. The minimum Gasteiger partial charge on any atom is -0.497 e. The number of sulfonamides is 2. The van der Waals surface area contributed by atoms with Crippen molar-refractivity contribution in [3.05, 3.63) is 66.7 Å². The first kappa shape index (κ1) is 29.2. The molecule has 1 fully saturated rings.